The third-order valence-electron chi connectivity index (χ3n) is 3.78. The number of aryl methyl sites for hydroxylation is 1. The lowest BCUT2D eigenvalue weighted by molar-refractivity contribution is 0.117. The van der Waals surface area contributed by atoms with Crippen molar-refractivity contribution < 1.29 is 0 Å². The molecule has 2 heteroatoms. The van der Waals surface area contributed by atoms with E-state index < -0.39 is 0 Å². The number of piperidine rings is 1. The molecule has 2 rings (SSSR count). The van der Waals surface area contributed by atoms with E-state index in [0.717, 1.165) is 18.7 Å². The van der Waals surface area contributed by atoms with Gasteiger partial charge in [-0.25, -0.2) is 0 Å². The van der Waals surface area contributed by atoms with Crippen LogP contribution >= 0.6 is 0 Å². The van der Waals surface area contributed by atoms with Gasteiger partial charge in [0.05, 0.1) is 6.07 Å². The van der Waals surface area contributed by atoms with Gasteiger partial charge in [0.15, 0.2) is 0 Å². The first-order valence-electron chi connectivity index (χ1n) is 6.80. The van der Waals surface area contributed by atoms with Gasteiger partial charge < -0.3 is 0 Å². The second-order valence-electron chi connectivity index (χ2n) is 5.84. The third kappa shape index (κ3) is 2.91. The van der Waals surface area contributed by atoms with Gasteiger partial charge in [0.2, 0.25) is 0 Å². The second kappa shape index (κ2) is 5.54. The first-order chi connectivity index (χ1) is 8.60. The molecule has 1 aliphatic heterocycles. The average Bonchev–Trinajstić information content (AvgIpc) is 2.31. The van der Waals surface area contributed by atoms with Crippen LogP contribution in [0.25, 0.3) is 0 Å². The third-order valence-corrected chi connectivity index (χ3v) is 3.78. The summed E-state index contributed by atoms with van der Waals surface area (Å²) in [6.45, 7) is 8.72. The van der Waals surface area contributed by atoms with E-state index in [-0.39, 0.29) is 6.04 Å². The Morgan fingerprint density at radius 2 is 1.72 bits per heavy atom. The Hall–Kier alpha value is -1.33. The summed E-state index contributed by atoms with van der Waals surface area (Å²) < 4.78 is 0. The van der Waals surface area contributed by atoms with Crippen molar-refractivity contribution in [1.29, 1.82) is 5.26 Å². The summed E-state index contributed by atoms with van der Waals surface area (Å²) in [4.78, 5) is 2.34. The zero-order valence-corrected chi connectivity index (χ0v) is 11.6. The number of hydrogen-bond donors (Lipinski definition) is 0. The Morgan fingerprint density at radius 3 is 2.22 bits per heavy atom. The molecular formula is C16H22N2. The van der Waals surface area contributed by atoms with Crippen LogP contribution in [0.15, 0.2) is 24.3 Å². The van der Waals surface area contributed by atoms with Crippen LogP contribution in [0.2, 0.25) is 0 Å². The van der Waals surface area contributed by atoms with Crippen molar-refractivity contribution in [2.45, 2.75) is 33.2 Å². The molecule has 2 nitrogen and oxygen atoms in total. The molecule has 3 unspecified atom stereocenters. The van der Waals surface area contributed by atoms with Crippen molar-refractivity contribution in [3.63, 3.8) is 0 Å². The van der Waals surface area contributed by atoms with E-state index >= 15 is 0 Å². The number of nitriles is 1. The van der Waals surface area contributed by atoms with Crippen LogP contribution < -0.4 is 0 Å². The zero-order chi connectivity index (χ0) is 13.1. The molecule has 1 heterocycles. The van der Waals surface area contributed by atoms with E-state index in [1.54, 1.807) is 0 Å². The van der Waals surface area contributed by atoms with E-state index in [1.807, 2.05) is 0 Å². The van der Waals surface area contributed by atoms with E-state index in [1.165, 1.54) is 12.0 Å². The SMILES string of the molecule is Cc1ccc(C(C#N)N2CC(C)CC(C)C2)cc1. The van der Waals surface area contributed by atoms with Crippen LogP contribution in [-0.2, 0) is 0 Å². The van der Waals surface area contributed by atoms with Crippen LogP contribution in [0.4, 0.5) is 0 Å². The molecular weight excluding hydrogens is 220 g/mol. The summed E-state index contributed by atoms with van der Waals surface area (Å²) in [7, 11) is 0. The fraction of sp³-hybridized carbons (Fsp3) is 0.562. The number of likely N-dealkylation sites (tertiary alicyclic amines) is 1. The van der Waals surface area contributed by atoms with Crippen molar-refractivity contribution >= 4 is 0 Å². The minimum Gasteiger partial charge on any atom is -0.284 e. The molecule has 0 radical (unpaired) electrons. The highest BCUT2D eigenvalue weighted by molar-refractivity contribution is 5.27. The highest BCUT2D eigenvalue weighted by Crippen LogP contribution is 2.29. The summed E-state index contributed by atoms with van der Waals surface area (Å²) in [5.74, 6) is 1.38. The van der Waals surface area contributed by atoms with Gasteiger partial charge in [-0.15, -0.1) is 0 Å². The van der Waals surface area contributed by atoms with E-state index in [2.05, 4.69) is 56.0 Å². The van der Waals surface area contributed by atoms with Crippen molar-refractivity contribution in [1.82, 2.24) is 4.90 Å². The molecule has 1 aliphatic rings. The highest BCUT2D eigenvalue weighted by atomic mass is 15.2. The smallest absolute Gasteiger partial charge is 0.123 e. The largest absolute Gasteiger partial charge is 0.284 e. The maximum atomic E-state index is 9.48. The molecule has 0 amide bonds. The van der Waals surface area contributed by atoms with Crippen molar-refractivity contribution in [2.75, 3.05) is 13.1 Å². The summed E-state index contributed by atoms with van der Waals surface area (Å²) in [5.41, 5.74) is 2.38. The van der Waals surface area contributed by atoms with Crippen LogP contribution in [0.3, 0.4) is 0 Å². The molecule has 18 heavy (non-hydrogen) atoms. The predicted octanol–water partition coefficient (Wildman–Crippen LogP) is 3.54. The molecule has 1 saturated heterocycles. The molecule has 3 atom stereocenters. The average molecular weight is 242 g/mol. The summed E-state index contributed by atoms with van der Waals surface area (Å²) in [5, 5.41) is 9.48. The number of hydrogen-bond acceptors (Lipinski definition) is 2. The Labute approximate surface area is 110 Å². The fourth-order valence-corrected chi connectivity index (χ4v) is 3.04. The van der Waals surface area contributed by atoms with E-state index in [4.69, 9.17) is 0 Å². The molecule has 0 aromatic heterocycles. The second-order valence-corrected chi connectivity index (χ2v) is 5.84. The van der Waals surface area contributed by atoms with E-state index in [9.17, 15) is 5.26 Å². The normalized spacial score (nSPS) is 26.6. The Kier molecular flexibility index (Phi) is 4.04. The van der Waals surface area contributed by atoms with E-state index in [0.29, 0.717) is 11.8 Å². The molecule has 0 bridgehead atoms. The lowest BCUT2D eigenvalue weighted by atomic mass is 9.90. The van der Waals surface area contributed by atoms with Crippen LogP contribution in [0.1, 0.15) is 37.4 Å². The van der Waals surface area contributed by atoms with Crippen molar-refractivity contribution in [3.05, 3.63) is 35.4 Å². The first kappa shape index (κ1) is 13.1. The first-order valence-corrected chi connectivity index (χ1v) is 6.80. The lowest BCUT2D eigenvalue weighted by Crippen LogP contribution is -2.40. The van der Waals surface area contributed by atoms with Gasteiger partial charge >= 0.3 is 0 Å². The minimum atomic E-state index is -0.0872. The highest BCUT2D eigenvalue weighted by Gasteiger charge is 2.28. The summed E-state index contributed by atoms with van der Waals surface area (Å²) >= 11 is 0. The topological polar surface area (TPSA) is 27.0 Å². The monoisotopic (exact) mass is 242 g/mol. The van der Waals surface area contributed by atoms with Gasteiger partial charge in [0.1, 0.15) is 6.04 Å². The van der Waals surface area contributed by atoms with Gasteiger partial charge in [0.25, 0.3) is 0 Å². The zero-order valence-electron chi connectivity index (χ0n) is 11.6. The molecule has 0 saturated carbocycles. The Morgan fingerprint density at radius 1 is 1.17 bits per heavy atom. The lowest BCUT2D eigenvalue weighted by Gasteiger charge is -2.37. The van der Waals surface area contributed by atoms with Gasteiger partial charge in [0, 0.05) is 13.1 Å². The fourth-order valence-electron chi connectivity index (χ4n) is 3.04. The number of nitrogens with zero attached hydrogens (tertiary/aromatic N) is 2. The maximum Gasteiger partial charge on any atom is 0.123 e. The van der Waals surface area contributed by atoms with Gasteiger partial charge in [-0.05, 0) is 30.7 Å². The maximum absolute atomic E-state index is 9.48. The molecule has 1 fully saturated rings. The molecule has 0 spiro atoms. The quantitative estimate of drug-likeness (QED) is 0.793. The van der Waals surface area contributed by atoms with Crippen molar-refractivity contribution in [2.24, 2.45) is 11.8 Å². The molecule has 1 aromatic carbocycles. The molecule has 0 N–H and O–H groups in total. The van der Waals surface area contributed by atoms with Crippen LogP contribution in [0, 0.1) is 30.1 Å². The predicted molar refractivity (Wildman–Crippen MR) is 74.1 cm³/mol. The van der Waals surface area contributed by atoms with Gasteiger partial charge in [-0.3, -0.25) is 4.90 Å². The Balaban J connectivity index is 2.18. The molecule has 96 valence electrons. The number of benzene rings is 1. The van der Waals surface area contributed by atoms with Crippen molar-refractivity contribution in [3.8, 4) is 6.07 Å². The van der Waals surface area contributed by atoms with Gasteiger partial charge in [-0.2, -0.15) is 5.26 Å². The van der Waals surface area contributed by atoms with Crippen LogP contribution in [-0.4, -0.2) is 18.0 Å². The standard InChI is InChI=1S/C16H22N2/c1-12-4-6-15(7-5-12)16(9-17)18-10-13(2)8-14(3)11-18/h4-7,13-14,16H,8,10-11H2,1-3H3. The Bertz CT molecular complexity index is 419. The summed E-state index contributed by atoms with van der Waals surface area (Å²) in [6.07, 6.45) is 1.28. The minimum absolute atomic E-state index is 0.0872. The molecule has 1 aromatic rings. The van der Waals surface area contributed by atoms with Gasteiger partial charge in [-0.1, -0.05) is 43.7 Å². The summed E-state index contributed by atoms with van der Waals surface area (Å²) in [6, 6.07) is 10.8. The van der Waals surface area contributed by atoms with Crippen LogP contribution in [0.5, 0.6) is 0 Å². The number of rotatable bonds is 2. The molecule has 0 aliphatic carbocycles.